The van der Waals surface area contributed by atoms with E-state index in [1.54, 1.807) is 6.33 Å². The van der Waals surface area contributed by atoms with Gasteiger partial charge >= 0.3 is 22.4 Å². The van der Waals surface area contributed by atoms with Crippen LogP contribution in [0.3, 0.4) is 0 Å². The number of nitrogens with zero attached hydrogens (tertiary/aromatic N) is 4. The molecule has 0 radical (unpaired) electrons. The Bertz CT molecular complexity index is 1480. The fourth-order valence-electron chi connectivity index (χ4n) is 6.31. The zero-order valence-corrected chi connectivity index (χ0v) is 29.6. The zero-order chi connectivity index (χ0) is 31.1. The monoisotopic (exact) mass is 660 g/mol. The van der Waals surface area contributed by atoms with Gasteiger partial charge in [0.15, 0.2) is 16.6 Å². The number of thiocarbonyl (C=S) groups is 1. The lowest BCUT2D eigenvalue weighted by molar-refractivity contribution is 0.0303. The second-order valence-corrected chi connectivity index (χ2v) is 22.0. The number of allylic oxidation sites excluding steroid dienone is 1. The van der Waals surface area contributed by atoms with Crippen LogP contribution in [0.15, 0.2) is 48.7 Å². The van der Waals surface area contributed by atoms with Gasteiger partial charge in [-0.15, -0.1) is 0 Å². The van der Waals surface area contributed by atoms with Crippen molar-refractivity contribution in [1.82, 2.24) is 19.5 Å². The van der Waals surface area contributed by atoms with Gasteiger partial charge in [0.2, 0.25) is 0 Å². The molecule has 0 unspecified atom stereocenters. The van der Waals surface area contributed by atoms with Gasteiger partial charge in [-0.05, 0) is 40.7 Å². The Hall–Kier alpha value is -2.20. The Kier molecular flexibility index (Phi) is 9.48. The minimum atomic E-state index is -2.94. The van der Waals surface area contributed by atoms with Crippen molar-refractivity contribution in [3.8, 4) is 5.75 Å². The van der Waals surface area contributed by atoms with Crippen LogP contribution in [-0.4, -0.2) is 54.6 Å². The summed E-state index contributed by atoms with van der Waals surface area (Å²) in [5, 5.41) is 0.251. The first-order chi connectivity index (χ1) is 20.4. The van der Waals surface area contributed by atoms with Crippen LogP contribution >= 0.6 is 23.8 Å². The summed E-state index contributed by atoms with van der Waals surface area (Å²) in [4.78, 5) is 13.1. The third-order valence-corrected chi connectivity index (χ3v) is 19.2. The minimum absolute atomic E-state index is 0.0293. The maximum absolute atomic E-state index is 7.42. The van der Waals surface area contributed by atoms with E-state index in [-0.39, 0.29) is 38.5 Å². The molecule has 3 aromatic rings. The maximum Gasteiger partial charge on any atom is 0.363 e. The highest BCUT2D eigenvalue weighted by molar-refractivity contribution is 7.79. The van der Waals surface area contributed by atoms with Gasteiger partial charge in [-0.2, -0.15) is 0 Å². The standard InChI is InChI=1S/C30H41ClN4O5SSi2/c1-18(2)42(19(3)4)36-15-22-14-24(35-17-34-25-28(31)32-16-33-29(25)35)27(38-30(41)37-23-12-10-9-11-13-23)26(22)39-43(40-42,20(5)6)21(7)8/h9-13,16-22,26H,14-15H2,1-8H3/t22-,26-/m1/s1. The van der Waals surface area contributed by atoms with Gasteiger partial charge in [0.05, 0.1) is 5.70 Å². The second kappa shape index (κ2) is 12.7. The van der Waals surface area contributed by atoms with E-state index in [4.69, 9.17) is 46.3 Å². The molecule has 5 rings (SSSR count). The van der Waals surface area contributed by atoms with Gasteiger partial charge in [0, 0.05) is 24.7 Å². The summed E-state index contributed by atoms with van der Waals surface area (Å²) in [6.07, 6.45) is 3.23. The highest BCUT2D eigenvalue weighted by Gasteiger charge is 2.60. The molecule has 0 saturated carbocycles. The fraction of sp³-hybridized carbons (Fsp3) is 0.533. The molecule has 13 heteroatoms. The van der Waals surface area contributed by atoms with Gasteiger partial charge in [-0.3, -0.25) is 4.57 Å². The number of imidazole rings is 1. The Balaban J connectivity index is 1.64. The molecule has 0 bridgehead atoms. The number of hydrogen-bond donors (Lipinski definition) is 0. The molecule has 1 saturated heterocycles. The van der Waals surface area contributed by atoms with Gasteiger partial charge < -0.3 is 22.4 Å². The number of aromatic nitrogens is 4. The molecular weight excluding hydrogens is 620 g/mol. The number of halogens is 1. The summed E-state index contributed by atoms with van der Waals surface area (Å²) >= 11 is 12.0. The molecule has 0 amide bonds. The van der Waals surface area contributed by atoms with E-state index in [0.717, 1.165) is 5.70 Å². The first-order valence-corrected chi connectivity index (χ1v) is 19.7. The molecule has 3 heterocycles. The van der Waals surface area contributed by atoms with Crippen LogP contribution in [0.4, 0.5) is 0 Å². The molecule has 0 spiro atoms. The maximum atomic E-state index is 7.42. The number of fused-ring (bicyclic) bond motifs is 2. The largest absolute Gasteiger partial charge is 0.417 e. The summed E-state index contributed by atoms with van der Waals surface area (Å²) < 4.78 is 36.1. The van der Waals surface area contributed by atoms with Crippen molar-refractivity contribution < 1.29 is 22.4 Å². The zero-order valence-electron chi connectivity index (χ0n) is 26.0. The highest BCUT2D eigenvalue weighted by atomic mass is 35.5. The SMILES string of the molecule is CC(C)[Si]1(C(C)C)OC[C@H]2CC(n3cnc4c(Cl)ncnc43)=C(OC(=S)Oc3ccccc3)[C@@H]2O[Si](C(C)C)(C(C)C)O1. The number of rotatable bonds is 7. The lowest BCUT2D eigenvalue weighted by Gasteiger charge is -2.51. The van der Waals surface area contributed by atoms with Crippen LogP contribution in [0.5, 0.6) is 5.75 Å². The van der Waals surface area contributed by atoms with Crippen molar-refractivity contribution in [2.75, 3.05) is 6.61 Å². The fourth-order valence-corrected chi connectivity index (χ4v) is 17.9. The van der Waals surface area contributed by atoms with E-state index >= 15 is 0 Å². The molecule has 9 nitrogen and oxygen atoms in total. The number of ether oxygens (including phenoxy) is 2. The average Bonchev–Trinajstić information content (AvgIpc) is 3.50. The Morgan fingerprint density at radius 2 is 1.58 bits per heavy atom. The summed E-state index contributed by atoms with van der Waals surface area (Å²) in [6.45, 7) is 18.2. The highest BCUT2D eigenvalue weighted by Crippen LogP contribution is 2.50. The average molecular weight is 661 g/mol. The van der Waals surface area contributed by atoms with Gasteiger partial charge in [-0.1, -0.05) is 85.2 Å². The van der Waals surface area contributed by atoms with Crippen LogP contribution in [0.2, 0.25) is 27.3 Å². The van der Waals surface area contributed by atoms with Crippen molar-refractivity contribution in [2.45, 2.75) is 90.1 Å². The summed E-state index contributed by atoms with van der Waals surface area (Å²) in [5.41, 5.74) is 2.67. The van der Waals surface area contributed by atoms with Gasteiger partial charge in [0.1, 0.15) is 30.0 Å². The Morgan fingerprint density at radius 1 is 0.930 bits per heavy atom. The van der Waals surface area contributed by atoms with Gasteiger partial charge in [0.25, 0.3) is 0 Å². The smallest absolute Gasteiger partial charge is 0.363 e. The third-order valence-electron chi connectivity index (χ3n) is 8.52. The lowest BCUT2D eigenvalue weighted by atomic mass is 10.1. The Morgan fingerprint density at radius 3 is 2.21 bits per heavy atom. The van der Waals surface area contributed by atoms with Crippen LogP contribution in [-0.2, 0) is 17.7 Å². The predicted molar refractivity (Wildman–Crippen MR) is 176 cm³/mol. The van der Waals surface area contributed by atoms with E-state index in [1.165, 1.54) is 6.33 Å². The van der Waals surface area contributed by atoms with Crippen molar-refractivity contribution >= 4 is 63.0 Å². The normalized spacial score (nSPS) is 21.9. The van der Waals surface area contributed by atoms with Crippen molar-refractivity contribution in [3.05, 3.63) is 53.9 Å². The van der Waals surface area contributed by atoms with E-state index in [0.29, 0.717) is 35.7 Å². The molecule has 1 aliphatic heterocycles. The minimum Gasteiger partial charge on any atom is -0.417 e. The quantitative estimate of drug-likeness (QED) is 0.142. The number of hydrogen-bond acceptors (Lipinski definition) is 9. The van der Waals surface area contributed by atoms with Gasteiger partial charge in [-0.25, -0.2) is 15.0 Å². The number of benzene rings is 1. The first kappa shape index (κ1) is 32.2. The molecule has 2 atom stereocenters. The van der Waals surface area contributed by atoms with Crippen molar-refractivity contribution in [1.29, 1.82) is 0 Å². The summed E-state index contributed by atoms with van der Waals surface area (Å²) in [7, 11) is -5.66. The van der Waals surface area contributed by atoms with Crippen molar-refractivity contribution in [2.24, 2.45) is 5.92 Å². The van der Waals surface area contributed by atoms with E-state index in [1.807, 2.05) is 34.9 Å². The first-order valence-electron chi connectivity index (χ1n) is 14.9. The molecule has 43 heavy (non-hydrogen) atoms. The summed E-state index contributed by atoms with van der Waals surface area (Å²) in [6, 6.07) is 9.34. The predicted octanol–water partition coefficient (Wildman–Crippen LogP) is 8.01. The van der Waals surface area contributed by atoms with Crippen LogP contribution in [0.25, 0.3) is 16.9 Å². The molecule has 1 aliphatic carbocycles. The second-order valence-electron chi connectivity index (χ2n) is 12.5. The topological polar surface area (TPSA) is 89.8 Å². The number of para-hydroxylation sites is 1. The Labute approximate surface area is 266 Å². The molecule has 0 N–H and O–H groups in total. The van der Waals surface area contributed by atoms with E-state index in [2.05, 4.69) is 70.3 Å². The summed E-state index contributed by atoms with van der Waals surface area (Å²) in [5.74, 6) is 1.07. The van der Waals surface area contributed by atoms with Crippen LogP contribution in [0, 0.1) is 5.92 Å². The molecule has 2 aromatic heterocycles. The molecular formula is C30H41ClN4O5SSi2. The molecule has 1 fully saturated rings. The molecule has 1 aromatic carbocycles. The third kappa shape index (κ3) is 5.95. The molecule has 2 aliphatic rings. The van der Waals surface area contributed by atoms with E-state index in [9.17, 15) is 0 Å². The van der Waals surface area contributed by atoms with E-state index < -0.39 is 23.2 Å². The molecule has 232 valence electrons. The lowest BCUT2D eigenvalue weighted by Crippen LogP contribution is -2.64. The van der Waals surface area contributed by atoms with Crippen LogP contribution < -0.4 is 4.74 Å². The van der Waals surface area contributed by atoms with Crippen LogP contribution in [0.1, 0.15) is 61.8 Å². The van der Waals surface area contributed by atoms with Crippen molar-refractivity contribution in [3.63, 3.8) is 0 Å².